The van der Waals surface area contributed by atoms with Gasteiger partial charge in [-0.15, -0.1) is 6.42 Å². The van der Waals surface area contributed by atoms with Gasteiger partial charge < -0.3 is 10.1 Å². The van der Waals surface area contributed by atoms with E-state index in [1.54, 1.807) is 0 Å². The monoisotopic (exact) mass is 325 g/mol. The van der Waals surface area contributed by atoms with Gasteiger partial charge in [0.2, 0.25) is 17.8 Å². The van der Waals surface area contributed by atoms with Crippen LogP contribution in [0.5, 0.6) is 0 Å². The minimum Gasteiger partial charge on any atom is -0.471 e. The van der Waals surface area contributed by atoms with Crippen LogP contribution in [0.15, 0.2) is 35.9 Å². The fourth-order valence-corrected chi connectivity index (χ4v) is 2.63. The molecule has 4 heteroatoms. The van der Waals surface area contributed by atoms with Crippen LogP contribution in [0.2, 0.25) is 0 Å². The van der Waals surface area contributed by atoms with Gasteiger partial charge in [-0.05, 0) is 57.1 Å². The third-order valence-corrected chi connectivity index (χ3v) is 3.49. The summed E-state index contributed by atoms with van der Waals surface area (Å²) in [5, 5.41) is 4.55. The van der Waals surface area contributed by atoms with Crippen molar-refractivity contribution in [3.8, 4) is 12.3 Å². The van der Waals surface area contributed by atoms with Crippen LogP contribution in [0.3, 0.4) is 0 Å². The topological polar surface area (TPSA) is 25.1 Å². The summed E-state index contributed by atoms with van der Waals surface area (Å²) < 4.78 is 7.40. The molecule has 0 amide bonds. The van der Waals surface area contributed by atoms with Gasteiger partial charge in [-0.1, -0.05) is 5.57 Å². The minimum atomic E-state index is 0.379. The molecule has 0 radical (unpaired) electrons. The molecule has 0 bridgehead atoms. The van der Waals surface area contributed by atoms with E-state index in [0.717, 1.165) is 22.3 Å². The number of allylic oxidation sites excluding steroid dienone is 1. The van der Waals surface area contributed by atoms with E-state index in [4.69, 9.17) is 23.4 Å². The predicted octanol–water partition coefficient (Wildman–Crippen LogP) is 3.92. The van der Waals surface area contributed by atoms with E-state index in [2.05, 4.69) is 47.9 Å². The summed E-state index contributed by atoms with van der Waals surface area (Å²) in [6.07, 6.45) is 7.67. The lowest BCUT2D eigenvalue weighted by molar-refractivity contribution is -0.660. The highest BCUT2D eigenvalue weighted by Gasteiger charge is 2.13. The van der Waals surface area contributed by atoms with Crippen molar-refractivity contribution in [3.63, 3.8) is 0 Å². The summed E-state index contributed by atoms with van der Waals surface area (Å²) in [7, 11) is 0. The molecule has 23 heavy (non-hydrogen) atoms. The maximum Gasteiger partial charge on any atom is 0.261 e. The predicted molar refractivity (Wildman–Crippen MR) is 100 cm³/mol. The first kappa shape index (κ1) is 17.0. The van der Waals surface area contributed by atoms with E-state index in [1.165, 1.54) is 5.57 Å². The second kappa shape index (κ2) is 7.75. The van der Waals surface area contributed by atoms with Gasteiger partial charge in [-0.25, -0.2) is 0 Å². The summed E-state index contributed by atoms with van der Waals surface area (Å²) in [6.45, 7) is 7.13. The minimum absolute atomic E-state index is 0.379. The van der Waals surface area contributed by atoms with Gasteiger partial charge in [-0.3, -0.25) is 0 Å². The van der Waals surface area contributed by atoms with Gasteiger partial charge in [0.15, 0.2) is 0 Å². The molecule has 0 aliphatic heterocycles. The van der Waals surface area contributed by atoms with Crippen LogP contribution in [-0.2, 0) is 11.3 Å². The molecular weight excluding hydrogens is 304 g/mol. The molecule has 0 atom stereocenters. The number of benzene rings is 1. The number of nitrogens with zero attached hydrogens (tertiary/aromatic N) is 1. The molecule has 0 aliphatic carbocycles. The first-order valence-corrected chi connectivity index (χ1v) is 7.94. The third-order valence-electron chi connectivity index (χ3n) is 3.27. The van der Waals surface area contributed by atoms with Crippen molar-refractivity contribution in [1.29, 1.82) is 0 Å². The van der Waals surface area contributed by atoms with Crippen LogP contribution in [0, 0.1) is 12.3 Å². The Morgan fingerprint density at radius 2 is 2.13 bits per heavy atom. The molecule has 2 aromatic rings. The van der Waals surface area contributed by atoms with E-state index < -0.39 is 0 Å². The Hall–Kier alpha value is -2.38. The molecule has 1 N–H and O–H groups in total. The number of aromatic nitrogens is 1. The van der Waals surface area contributed by atoms with Crippen molar-refractivity contribution >= 4 is 40.1 Å². The van der Waals surface area contributed by atoms with Crippen molar-refractivity contribution in [1.82, 2.24) is 0 Å². The summed E-state index contributed by atoms with van der Waals surface area (Å²) in [6, 6.07) is 10.2. The second-order valence-corrected chi connectivity index (χ2v) is 5.76. The molecule has 1 heterocycles. The quantitative estimate of drug-likeness (QED) is 0.524. The van der Waals surface area contributed by atoms with Crippen LogP contribution in [-0.4, -0.2) is 11.8 Å². The third kappa shape index (κ3) is 4.30. The molecule has 1 aromatic carbocycles. The second-order valence-electron chi connectivity index (χ2n) is 5.39. The number of ether oxygens (including phenoxy) is 1. The molecule has 0 spiro atoms. The van der Waals surface area contributed by atoms with Gasteiger partial charge in [0.25, 0.3) is 5.17 Å². The smallest absolute Gasteiger partial charge is 0.261 e. The average Bonchev–Trinajstić information content (AvgIpc) is 2.49. The number of anilines is 1. The largest absolute Gasteiger partial charge is 0.471 e. The van der Waals surface area contributed by atoms with Crippen molar-refractivity contribution in [3.05, 3.63) is 41.6 Å². The lowest BCUT2D eigenvalue weighted by atomic mass is 10.1. The molecule has 0 fully saturated rings. The number of fused-ring (bicyclic) bond motifs is 1. The Kier molecular flexibility index (Phi) is 5.72. The molecule has 0 saturated carbocycles. The summed E-state index contributed by atoms with van der Waals surface area (Å²) >= 11 is 5.12. The Bertz CT molecular complexity index is 799. The van der Waals surface area contributed by atoms with E-state index >= 15 is 0 Å². The highest BCUT2D eigenvalue weighted by atomic mass is 32.1. The molecular formula is C19H21N2OS+. The SMILES string of the molecule is C#CC[n+]1c(C=C(C)C)ccc2cc(NC(=S)OCC)ccc21. The molecule has 0 saturated heterocycles. The number of hydrogen-bond donors (Lipinski definition) is 1. The zero-order valence-electron chi connectivity index (χ0n) is 13.7. The Morgan fingerprint density at radius 1 is 1.35 bits per heavy atom. The van der Waals surface area contributed by atoms with Gasteiger partial charge >= 0.3 is 0 Å². The standard InChI is InChI=1S/C19H20N2OS/c1-5-11-21-17(12-14(3)4)9-7-15-13-16(8-10-18(15)21)20-19(23)22-6-2/h1,7-10,12-13H,6,11H2,2-4H3/p+1. The summed E-state index contributed by atoms with van der Waals surface area (Å²) in [5.41, 5.74) is 4.32. The van der Waals surface area contributed by atoms with E-state index in [-0.39, 0.29) is 0 Å². The maximum atomic E-state index is 5.54. The molecule has 3 nitrogen and oxygen atoms in total. The zero-order chi connectivity index (χ0) is 16.8. The maximum absolute atomic E-state index is 5.54. The highest BCUT2D eigenvalue weighted by Crippen LogP contribution is 2.18. The van der Waals surface area contributed by atoms with Crippen LogP contribution in [0.25, 0.3) is 17.0 Å². The van der Waals surface area contributed by atoms with Crippen molar-refractivity contribution in [2.24, 2.45) is 0 Å². The lowest BCUT2D eigenvalue weighted by Gasteiger charge is -2.09. The first-order chi connectivity index (χ1) is 11.0. The molecule has 2 rings (SSSR count). The van der Waals surface area contributed by atoms with Gasteiger partial charge in [0.05, 0.1) is 6.61 Å². The van der Waals surface area contributed by atoms with Crippen molar-refractivity contribution in [2.45, 2.75) is 27.3 Å². The Balaban J connectivity index is 2.47. The van der Waals surface area contributed by atoms with Crippen LogP contribution >= 0.6 is 12.2 Å². The number of rotatable bonds is 4. The molecule has 0 aliphatic rings. The first-order valence-electron chi connectivity index (χ1n) is 7.54. The van der Waals surface area contributed by atoms with E-state index in [1.807, 2.05) is 25.1 Å². The normalized spacial score (nSPS) is 10.0. The zero-order valence-corrected chi connectivity index (χ0v) is 14.5. The van der Waals surface area contributed by atoms with Crippen LogP contribution in [0.1, 0.15) is 26.5 Å². The van der Waals surface area contributed by atoms with Gasteiger partial charge in [0.1, 0.15) is 0 Å². The number of pyridine rings is 1. The van der Waals surface area contributed by atoms with E-state index in [9.17, 15) is 0 Å². The lowest BCUT2D eigenvalue weighted by Crippen LogP contribution is -2.37. The van der Waals surface area contributed by atoms with Crippen molar-refractivity contribution in [2.75, 3.05) is 11.9 Å². The number of nitrogens with one attached hydrogen (secondary N) is 1. The van der Waals surface area contributed by atoms with Crippen LogP contribution < -0.4 is 9.88 Å². The molecule has 118 valence electrons. The van der Waals surface area contributed by atoms with Crippen LogP contribution in [0.4, 0.5) is 5.69 Å². The van der Waals surface area contributed by atoms with E-state index in [0.29, 0.717) is 18.3 Å². The van der Waals surface area contributed by atoms with Gasteiger partial charge in [-0.2, -0.15) is 4.57 Å². The molecule has 1 aromatic heterocycles. The fourth-order valence-electron chi connectivity index (χ4n) is 2.39. The Labute approximate surface area is 143 Å². The van der Waals surface area contributed by atoms with Gasteiger partial charge in [0, 0.05) is 29.3 Å². The summed E-state index contributed by atoms with van der Waals surface area (Å²) in [4.78, 5) is 0. The Morgan fingerprint density at radius 3 is 2.78 bits per heavy atom. The summed E-state index contributed by atoms with van der Waals surface area (Å²) in [5.74, 6) is 2.73. The van der Waals surface area contributed by atoms with Crippen molar-refractivity contribution < 1.29 is 9.30 Å². The fraction of sp³-hybridized carbons (Fsp3) is 0.263. The number of terminal acetylenes is 1. The highest BCUT2D eigenvalue weighted by molar-refractivity contribution is 7.80. The average molecular weight is 325 g/mol. The molecule has 0 unspecified atom stereocenters. The number of hydrogen-bond acceptors (Lipinski definition) is 2. The number of thiocarbonyl (C=S) groups is 1.